The Morgan fingerprint density at radius 1 is 1.29 bits per heavy atom. The Morgan fingerprint density at radius 3 is 2.57 bits per heavy atom. The van der Waals surface area contributed by atoms with E-state index >= 15 is 0 Å². The fourth-order valence-corrected chi connectivity index (χ4v) is 3.64. The summed E-state index contributed by atoms with van der Waals surface area (Å²) in [6.07, 6.45) is 0. The first-order valence-electron chi connectivity index (χ1n) is 6.81. The Balaban J connectivity index is 2.50. The second-order valence-electron chi connectivity index (χ2n) is 4.70. The molecule has 5 heteroatoms. The van der Waals surface area contributed by atoms with Crippen LogP contribution in [0.3, 0.4) is 0 Å². The molecule has 2 aromatic rings. The Bertz CT molecular complexity index is 612. The highest BCUT2D eigenvalue weighted by atomic mass is 35.5. The van der Waals surface area contributed by atoms with Crippen molar-refractivity contribution >= 4 is 22.9 Å². The molecule has 0 saturated heterocycles. The molecule has 1 aromatic heterocycles. The van der Waals surface area contributed by atoms with Gasteiger partial charge in [0, 0.05) is 16.5 Å². The Hall–Kier alpha value is -1.23. The smallest absolute Gasteiger partial charge is 0.127 e. The average Bonchev–Trinajstić information content (AvgIpc) is 2.84. The minimum Gasteiger partial charge on any atom is -0.497 e. The number of hydrogen-bond donors (Lipinski definition) is 1. The van der Waals surface area contributed by atoms with Crippen molar-refractivity contribution in [3.8, 4) is 11.5 Å². The van der Waals surface area contributed by atoms with E-state index in [1.807, 2.05) is 25.1 Å². The zero-order valence-electron chi connectivity index (χ0n) is 12.7. The summed E-state index contributed by atoms with van der Waals surface area (Å²) in [5, 5.41) is 6.39. The van der Waals surface area contributed by atoms with Crippen LogP contribution >= 0.6 is 22.9 Å². The maximum Gasteiger partial charge on any atom is 0.127 e. The molecular weight excluding hydrogens is 306 g/mol. The lowest BCUT2D eigenvalue weighted by atomic mass is 10.0. The van der Waals surface area contributed by atoms with Crippen molar-refractivity contribution in [2.75, 3.05) is 20.8 Å². The van der Waals surface area contributed by atoms with E-state index in [1.165, 1.54) is 0 Å². The van der Waals surface area contributed by atoms with Crippen LogP contribution in [0.2, 0.25) is 5.02 Å². The molecule has 114 valence electrons. The Labute approximate surface area is 134 Å². The monoisotopic (exact) mass is 325 g/mol. The molecule has 0 aliphatic carbocycles. The third-order valence-electron chi connectivity index (χ3n) is 3.35. The molecule has 0 aliphatic rings. The minimum atomic E-state index is 0.0158. The number of thiophene rings is 1. The molecule has 0 bridgehead atoms. The normalized spacial score (nSPS) is 12.2. The van der Waals surface area contributed by atoms with Gasteiger partial charge in [0.05, 0.1) is 25.3 Å². The number of halogens is 1. The zero-order valence-corrected chi connectivity index (χ0v) is 14.3. The summed E-state index contributed by atoms with van der Waals surface area (Å²) in [5.74, 6) is 1.57. The summed E-state index contributed by atoms with van der Waals surface area (Å²) in [6, 6.07) is 5.88. The lowest BCUT2D eigenvalue weighted by Gasteiger charge is -2.21. The van der Waals surface area contributed by atoms with E-state index in [2.05, 4.69) is 17.6 Å². The largest absolute Gasteiger partial charge is 0.497 e. The van der Waals surface area contributed by atoms with Gasteiger partial charge < -0.3 is 14.8 Å². The van der Waals surface area contributed by atoms with Gasteiger partial charge in [-0.25, -0.2) is 0 Å². The third kappa shape index (κ3) is 3.34. The van der Waals surface area contributed by atoms with Crippen molar-refractivity contribution in [3.63, 3.8) is 0 Å². The molecular formula is C16H20ClNO2S. The van der Waals surface area contributed by atoms with E-state index in [9.17, 15) is 0 Å². The van der Waals surface area contributed by atoms with Gasteiger partial charge >= 0.3 is 0 Å². The summed E-state index contributed by atoms with van der Waals surface area (Å²) < 4.78 is 10.8. The molecule has 0 radical (unpaired) electrons. The number of benzene rings is 1. The van der Waals surface area contributed by atoms with Gasteiger partial charge in [-0.1, -0.05) is 18.5 Å². The lowest BCUT2D eigenvalue weighted by Crippen LogP contribution is -2.22. The van der Waals surface area contributed by atoms with E-state index in [0.717, 1.165) is 39.1 Å². The van der Waals surface area contributed by atoms with Gasteiger partial charge in [-0.05, 0) is 36.5 Å². The number of nitrogens with one attached hydrogen (secondary N) is 1. The van der Waals surface area contributed by atoms with Crippen LogP contribution in [-0.2, 0) is 0 Å². The minimum absolute atomic E-state index is 0.0158. The van der Waals surface area contributed by atoms with Crippen LogP contribution in [0.15, 0.2) is 23.6 Å². The Morgan fingerprint density at radius 2 is 2.05 bits per heavy atom. The number of hydrogen-bond acceptors (Lipinski definition) is 4. The molecule has 0 fully saturated rings. The molecule has 1 N–H and O–H groups in total. The first-order chi connectivity index (χ1) is 10.1. The summed E-state index contributed by atoms with van der Waals surface area (Å²) in [4.78, 5) is 1.11. The van der Waals surface area contributed by atoms with Gasteiger partial charge in [-0.3, -0.25) is 0 Å². The number of methoxy groups -OCH3 is 2. The SMILES string of the molecule is CCNC(c1ccc(OC)cc1OC)c1scc(C)c1Cl. The quantitative estimate of drug-likeness (QED) is 0.852. The molecule has 1 aromatic carbocycles. The fourth-order valence-electron chi connectivity index (χ4n) is 2.25. The van der Waals surface area contributed by atoms with Gasteiger partial charge in [-0.15, -0.1) is 11.3 Å². The molecule has 1 heterocycles. The maximum absolute atomic E-state index is 6.45. The van der Waals surface area contributed by atoms with Crippen LogP contribution in [0.1, 0.15) is 29.0 Å². The van der Waals surface area contributed by atoms with Crippen molar-refractivity contribution in [2.24, 2.45) is 0 Å². The Kier molecular flexibility index (Phi) is 5.51. The second-order valence-corrected chi connectivity index (χ2v) is 5.98. The fraction of sp³-hybridized carbons (Fsp3) is 0.375. The number of ether oxygens (including phenoxy) is 2. The molecule has 0 aliphatic heterocycles. The van der Waals surface area contributed by atoms with Gasteiger partial charge in [0.15, 0.2) is 0 Å². The van der Waals surface area contributed by atoms with Crippen LogP contribution in [0, 0.1) is 6.92 Å². The molecule has 21 heavy (non-hydrogen) atoms. The van der Waals surface area contributed by atoms with Crippen molar-refractivity contribution < 1.29 is 9.47 Å². The highest BCUT2D eigenvalue weighted by molar-refractivity contribution is 7.10. The van der Waals surface area contributed by atoms with Gasteiger partial charge in [-0.2, -0.15) is 0 Å². The summed E-state index contributed by atoms with van der Waals surface area (Å²) in [6.45, 7) is 4.95. The van der Waals surface area contributed by atoms with Gasteiger partial charge in [0.25, 0.3) is 0 Å². The zero-order chi connectivity index (χ0) is 15.4. The number of rotatable bonds is 6. The maximum atomic E-state index is 6.45. The highest BCUT2D eigenvalue weighted by Crippen LogP contribution is 2.39. The number of aryl methyl sites for hydroxylation is 1. The van der Waals surface area contributed by atoms with E-state index in [-0.39, 0.29) is 6.04 Å². The van der Waals surface area contributed by atoms with Crippen LogP contribution < -0.4 is 14.8 Å². The van der Waals surface area contributed by atoms with E-state index in [4.69, 9.17) is 21.1 Å². The first kappa shape index (κ1) is 16.1. The van der Waals surface area contributed by atoms with Crippen molar-refractivity contribution in [1.82, 2.24) is 5.32 Å². The summed E-state index contributed by atoms with van der Waals surface area (Å²) in [5.41, 5.74) is 2.16. The van der Waals surface area contributed by atoms with E-state index in [1.54, 1.807) is 25.6 Å². The standard InChI is InChI=1S/C16H20ClNO2S/c1-5-18-15(16-14(17)10(2)9-21-16)12-7-6-11(19-3)8-13(12)20-4/h6-9,15,18H,5H2,1-4H3. The van der Waals surface area contributed by atoms with Crippen molar-refractivity contribution in [1.29, 1.82) is 0 Å². The first-order valence-corrected chi connectivity index (χ1v) is 8.06. The lowest BCUT2D eigenvalue weighted by molar-refractivity contribution is 0.388. The molecule has 0 amide bonds. The third-order valence-corrected chi connectivity index (χ3v) is 5.13. The predicted molar refractivity (Wildman–Crippen MR) is 89.1 cm³/mol. The van der Waals surface area contributed by atoms with Gasteiger partial charge in [0.1, 0.15) is 11.5 Å². The van der Waals surface area contributed by atoms with Crippen molar-refractivity contribution in [2.45, 2.75) is 19.9 Å². The van der Waals surface area contributed by atoms with E-state index < -0.39 is 0 Å². The topological polar surface area (TPSA) is 30.5 Å². The van der Waals surface area contributed by atoms with Crippen LogP contribution in [0.5, 0.6) is 11.5 Å². The molecule has 2 rings (SSSR count). The molecule has 3 nitrogen and oxygen atoms in total. The summed E-state index contributed by atoms with van der Waals surface area (Å²) in [7, 11) is 3.32. The predicted octanol–water partition coefficient (Wildman–Crippen LogP) is 4.43. The molecule has 1 atom stereocenters. The van der Waals surface area contributed by atoms with Crippen LogP contribution in [0.4, 0.5) is 0 Å². The second kappa shape index (κ2) is 7.16. The summed E-state index contributed by atoms with van der Waals surface area (Å²) >= 11 is 8.12. The van der Waals surface area contributed by atoms with Gasteiger partial charge in [0.2, 0.25) is 0 Å². The molecule has 0 spiro atoms. The van der Waals surface area contributed by atoms with Crippen LogP contribution in [-0.4, -0.2) is 20.8 Å². The van der Waals surface area contributed by atoms with E-state index in [0.29, 0.717) is 0 Å². The molecule has 1 unspecified atom stereocenters. The average molecular weight is 326 g/mol. The highest BCUT2D eigenvalue weighted by Gasteiger charge is 2.22. The molecule has 0 saturated carbocycles. The van der Waals surface area contributed by atoms with Crippen LogP contribution in [0.25, 0.3) is 0 Å². The van der Waals surface area contributed by atoms with Crippen molar-refractivity contribution in [3.05, 3.63) is 44.6 Å².